The van der Waals surface area contributed by atoms with Gasteiger partial charge in [0.15, 0.2) is 11.6 Å². The number of halogens is 2. The van der Waals surface area contributed by atoms with Crippen molar-refractivity contribution < 1.29 is 18.7 Å². The Balaban J connectivity index is 1.29. The first kappa shape index (κ1) is 20.6. The average Bonchev–Trinajstić information content (AvgIpc) is 3.43. The molecule has 2 amide bonds. The van der Waals surface area contributed by atoms with E-state index in [-0.39, 0.29) is 29.6 Å². The van der Waals surface area contributed by atoms with E-state index in [1.165, 1.54) is 6.07 Å². The van der Waals surface area contributed by atoms with Gasteiger partial charge < -0.3 is 19.9 Å². The van der Waals surface area contributed by atoms with Crippen LogP contribution in [0.1, 0.15) is 18.9 Å². The minimum absolute atomic E-state index is 0.122. The van der Waals surface area contributed by atoms with Gasteiger partial charge in [-0.25, -0.2) is 18.6 Å². The Hall–Kier alpha value is -3.26. The summed E-state index contributed by atoms with van der Waals surface area (Å²) in [6.45, 7) is 1.08. The highest BCUT2D eigenvalue weighted by molar-refractivity contribution is 5.89. The summed E-state index contributed by atoms with van der Waals surface area (Å²) in [4.78, 5) is 18.9. The topological polar surface area (TPSA) is 70.4 Å². The van der Waals surface area contributed by atoms with Gasteiger partial charge in [-0.1, -0.05) is 30.3 Å². The number of fused-ring (bicyclic) bond motifs is 1. The van der Waals surface area contributed by atoms with E-state index in [4.69, 9.17) is 0 Å². The Morgan fingerprint density at radius 2 is 1.78 bits per heavy atom. The second kappa shape index (κ2) is 8.35. The SMILES string of the molecule is O=C(Nc1ccc(F)c(F)c1)N1C[C@H]2C[C@H](O)[C@@H](n3ccnc3-c3ccccc3)C[C@H]2C1. The predicted octanol–water partition coefficient (Wildman–Crippen LogP) is 4.30. The zero-order valence-corrected chi connectivity index (χ0v) is 17.4. The molecule has 1 aliphatic heterocycles. The standard InChI is InChI=1S/C24H24F2N4O2/c25-19-7-6-18(12-20(19)26)28-24(32)29-13-16-10-21(22(31)11-17(16)14-29)30-9-8-27-23(30)15-4-2-1-3-5-15/h1-9,12,16-17,21-22,31H,10-11,13-14H2,(H,28,32)/t16-,17+,21-,22-/m0/s1. The number of urea groups is 1. The molecule has 4 atom stereocenters. The molecular formula is C24H24F2N4O2. The summed E-state index contributed by atoms with van der Waals surface area (Å²) in [5.74, 6) is -0.701. The van der Waals surface area contributed by atoms with Gasteiger partial charge in [-0.05, 0) is 36.8 Å². The fraction of sp³-hybridized carbons (Fsp3) is 0.333. The van der Waals surface area contributed by atoms with Crippen LogP contribution >= 0.6 is 0 Å². The zero-order chi connectivity index (χ0) is 22.2. The zero-order valence-electron chi connectivity index (χ0n) is 17.4. The number of anilines is 1. The number of nitrogens with one attached hydrogen (secondary N) is 1. The fourth-order valence-electron chi connectivity index (χ4n) is 5.04. The molecule has 1 aromatic heterocycles. The third kappa shape index (κ3) is 3.86. The maximum atomic E-state index is 13.4. The fourth-order valence-corrected chi connectivity index (χ4v) is 5.04. The Kier molecular flexibility index (Phi) is 5.38. The first-order valence-electron chi connectivity index (χ1n) is 10.8. The molecule has 1 saturated carbocycles. The van der Waals surface area contributed by atoms with Crippen LogP contribution in [0.15, 0.2) is 60.9 Å². The highest BCUT2D eigenvalue weighted by atomic mass is 19.2. The molecule has 2 heterocycles. The van der Waals surface area contributed by atoms with Crippen LogP contribution in [0.25, 0.3) is 11.4 Å². The van der Waals surface area contributed by atoms with E-state index >= 15 is 0 Å². The van der Waals surface area contributed by atoms with Crippen molar-refractivity contribution >= 4 is 11.7 Å². The minimum atomic E-state index is -1.00. The van der Waals surface area contributed by atoms with Gasteiger partial charge in [-0.2, -0.15) is 0 Å². The third-order valence-electron chi connectivity index (χ3n) is 6.63. The molecule has 8 heteroatoms. The molecule has 32 heavy (non-hydrogen) atoms. The number of amides is 2. The quantitative estimate of drug-likeness (QED) is 0.641. The minimum Gasteiger partial charge on any atom is -0.391 e. The van der Waals surface area contributed by atoms with Gasteiger partial charge in [-0.3, -0.25) is 0 Å². The van der Waals surface area contributed by atoms with Crippen molar-refractivity contribution in [2.45, 2.75) is 25.0 Å². The Labute approximate surface area is 184 Å². The summed E-state index contributed by atoms with van der Waals surface area (Å²) in [6.07, 6.45) is 4.44. The number of hydrogen-bond acceptors (Lipinski definition) is 3. The maximum Gasteiger partial charge on any atom is 0.321 e. The van der Waals surface area contributed by atoms with Gasteiger partial charge in [0.25, 0.3) is 0 Å². The highest BCUT2D eigenvalue weighted by Crippen LogP contribution is 2.42. The first-order chi connectivity index (χ1) is 15.5. The summed E-state index contributed by atoms with van der Waals surface area (Å²) in [7, 11) is 0. The van der Waals surface area contributed by atoms with E-state index in [1.807, 2.05) is 41.1 Å². The molecule has 1 aliphatic carbocycles. The summed E-state index contributed by atoms with van der Waals surface area (Å²) in [5, 5.41) is 13.6. The van der Waals surface area contributed by atoms with E-state index < -0.39 is 17.7 Å². The number of carbonyl (C=O) groups is 1. The first-order valence-corrected chi connectivity index (χ1v) is 10.8. The van der Waals surface area contributed by atoms with Crippen LogP contribution in [0.4, 0.5) is 19.3 Å². The van der Waals surface area contributed by atoms with Gasteiger partial charge >= 0.3 is 6.03 Å². The monoisotopic (exact) mass is 438 g/mol. The van der Waals surface area contributed by atoms with Crippen molar-refractivity contribution in [2.75, 3.05) is 18.4 Å². The van der Waals surface area contributed by atoms with Crippen molar-refractivity contribution in [3.8, 4) is 11.4 Å². The molecule has 2 aliphatic rings. The van der Waals surface area contributed by atoms with Gasteiger partial charge in [0, 0.05) is 42.8 Å². The van der Waals surface area contributed by atoms with Gasteiger partial charge in [0.05, 0.1) is 12.1 Å². The molecule has 6 nitrogen and oxygen atoms in total. The van der Waals surface area contributed by atoms with Crippen LogP contribution < -0.4 is 5.32 Å². The molecular weight excluding hydrogens is 414 g/mol. The summed E-state index contributed by atoms with van der Waals surface area (Å²) in [5.41, 5.74) is 1.21. The predicted molar refractivity (Wildman–Crippen MR) is 116 cm³/mol. The lowest BCUT2D eigenvalue weighted by Crippen LogP contribution is -2.36. The molecule has 5 rings (SSSR count). The smallest absolute Gasteiger partial charge is 0.321 e. The Bertz CT molecular complexity index is 1120. The molecule has 0 unspecified atom stereocenters. The second-order valence-electron chi connectivity index (χ2n) is 8.61. The number of carbonyl (C=O) groups excluding carboxylic acids is 1. The number of aliphatic hydroxyl groups is 1. The van der Waals surface area contributed by atoms with Crippen LogP contribution in [0, 0.1) is 23.5 Å². The molecule has 2 fully saturated rings. The maximum absolute atomic E-state index is 13.4. The number of nitrogens with zero attached hydrogens (tertiary/aromatic N) is 3. The molecule has 166 valence electrons. The number of likely N-dealkylation sites (tertiary alicyclic amines) is 1. The van der Waals surface area contributed by atoms with Crippen LogP contribution in [-0.2, 0) is 0 Å². The largest absolute Gasteiger partial charge is 0.391 e. The molecule has 2 aromatic carbocycles. The van der Waals surface area contributed by atoms with Crippen molar-refractivity contribution in [3.05, 3.63) is 72.6 Å². The number of hydrogen-bond donors (Lipinski definition) is 2. The molecule has 0 spiro atoms. The second-order valence-corrected chi connectivity index (χ2v) is 8.61. The van der Waals surface area contributed by atoms with Crippen molar-refractivity contribution in [1.29, 1.82) is 0 Å². The number of imidazole rings is 1. The number of aromatic nitrogens is 2. The van der Waals surface area contributed by atoms with E-state index in [0.29, 0.717) is 19.5 Å². The molecule has 3 aromatic rings. The van der Waals surface area contributed by atoms with Gasteiger partial charge in [0.1, 0.15) is 5.82 Å². The van der Waals surface area contributed by atoms with Gasteiger partial charge in [0.2, 0.25) is 0 Å². The van der Waals surface area contributed by atoms with Crippen molar-refractivity contribution in [3.63, 3.8) is 0 Å². The van der Waals surface area contributed by atoms with E-state index in [9.17, 15) is 18.7 Å². The normalized spacial score (nSPS) is 24.9. The lowest BCUT2D eigenvalue weighted by molar-refractivity contribution is 0.0365. The Morgan fingerprint density at radius 1 is 1.03 bits per heavy atom. The van der Waals surface area contributed by atoms with E-state index in [2.05, 4.69) is 10.3 Å². The van der Waals surface area contributed by atoms with Gasteiger partial charge in [-0.15, -0.1) is 0 Å². The number of benzene rings is 2. The molecule has 0 radical (unpaired) electrons. The van der Waals surface area contributed by atoms with Crippen molar-refractivity contribution in [2.24, 2.45) is 11.8 Å². The van der Waals surface area contributed by atoms with Crippen LogP contribution in [0.5, 0.6) is 0 Å². The third-order valence-corrected chi connectivity index (χ3v) is 6.63. The van der Waals surface area contributed by atoms with Crippen molar-refractivity contribution in [1.82, 2.24) is 14.5 Å². The highest BCUT2D eigenvalue weighted by Gasteiger charge is 2.44. The number of aliphatic hydroxyl groups excluding tert-OH is 1. The number of rotatable bonds is 3. The summed E-state index contributed by atoms with van der Waals surface area (Å²) < 4.78 is 28.6. The van der Waals surface area contributed by atoms with Crippen LogP contribution in [0.2, 0.25) is 0 Å². The molecule has 1 saturated heterocycles. The molecule has 0 bridgehead atoms. The lowest BCUT2D eigenvalue weighted by atomic mass is 9.77. The Morgan fingerprint density at radius 3 is 2.53 bits per heavy atom. The average molecular weight is 438 g/mol. The van der Waals surface area contributed by atoms with Crippen LogP contribution in [0.3, 0.4) is 0 Å². The lowest BCUT2D eigenvalue weighted by Gasteiger charge is -2.36. The molecule has 2 N–H and O–H groups in total. The summed E-state index contributed by atoms with van der Waals surface area (Å²) >= 11 is 0. The summed E-state index contributed by atoms with van der Waals surface area (Å²) in [6, 6.07) is 12.7. The van der Waals surface area contributed by atoms with Crippen LogP contribution in [-0.4, -0.2) is 44.8 Å². The van der Waals surface area contributed by atoms with E-state index in [0.717, 1.165) is 29.9 Å². The van der Waals surface area contributed by atoms with E-state index in [1.54, 1.807) is 11.1 Å².